The Balaban J connectivity index is 2.25. The maximum absolute atomic E-state index is 12.4. The quantitative estimate of drug-likeness (QED) is 0.747. The van der Waals surface area contributed by atoms with Crippen LogP contribution in [0.4, 0.5) is 11.4 Å². The predicted octanol–water partition coefficient (Wildman–Crippen LogP) is 2.67. The van der Waals surface area contributed by atoms with Gasteiger partial charge in [0.1, 0.15) is 18.0 Å². The molecule has 2 aromatic rings. The van der Waals surface area contributed by atoms with Crippen LogP contribution in [-0.2, 0) is 21.2 Å². The average molecular weight is 392 g/mol. The van der Waals surface area contributed by atoms with Crippen molar-refractivity contribution in [2.24, 2.45) is 0 Å². The minimum absolute atomic E-state index is 0.261. The third-order valence-electron chi connectivity index (χ3n) is 3.99. The van der Waals surface area contributed by atoms with E-state index in [0.29, 0.717) is 17.2 Å². The molecule has 146 valence electrons. The van der Waals surface area contributed by atoms with Gasteiger partial charge >= 0.3 is 0 Å². The second kappa shape index (κ2) is 8.77. The highest BCUT2D eigenvalue weighted by molar-refractivity contribution is 7.92. The van der Waals surface area contributed by atoms with Gasteiger partial charge in [-0.05, 0) is 36.2 Å². The number of amides is 1. The molecule has 0 atom stereocenters. The van der Waals surface area contributed by atoms with Crippen molar-refractivity contribution >= 4 is 27.3 Å². The number of anilines is 2. The molecule has 2 rings (SSSR count). The molecule has 0 fully saturated rings. The van der Waals surface area contributed by atoms with Crippen molar-refractivity contribution in [1.82, 2.24) is 0 Å². The van der Waals surface area contributed by atoms with Gasteiger partial charge in [-0.2, -0.15) is 0 Å². The maximum atomic E-state index is 12.4. The molecule has 0 aromatic heterocycles. The summed E-state index contributed by atoms with van der Waals surface area (Å²) in [6.07, 6.45) is 1.94. The number of nitrogens with one attached hydrogen (secondary N) is 1. The zero-order chi connectivity index (χ0) is 20.0. The Labute approximate surface area is 160 Å². The zero-order valence-corrected chi connectivity index (χ0v) is 16.7. The number of sulfonamides is 1. The summed E-state index contributed by atoms with van der Waals surface area (Å²) in [5.74, 6) is 0.354. The normalized spacial score (nSPS) is 11.0. The van der Waals surface area contributed by atoms with Crippen molar-refractivity contribution in [3.63, 3.8) is 0 Å². The second-order valence-corrected chi connectivity index (χ2v) is 7.81. The Kier molecular flexibility index (Phi) is 6.68. The average Bonchev–Trinajstić information content (AvgIpc) is 2.65. The van der Waals surface area contributed by atoms with Gasteiger partial charge in [0.15, 0.2) is 0 Å². The number of methoxy groups -OCH3 is 2. The van der Waals surface area contributed by atoms with E-state index in [1.807, 2.05) is 19.1 Å². The summed E-state index contributed by atoms with van der Waals surface area (Å²) in [4.78, 5) is 12.4. The van der Waals surface area contributed by atoms with Gasteiger partial charge in [0, 0.05) is 11.8 Å². The number of ether oxygens (including phenoxy) is 2. The summed E-state index contributed by atoms with van der Waals surface area (Å²) in [5, 5.41) is 2.72. The van der Waals surface area contributed by atoms with Crippen LogP contribution < -0.4 is 19.1 Å². The molecular weight excluding hydrogens is 368 g/mol. The van der Waals surface area contributed by atoms with Crippen LogP contribution in [0.3, 0.4) is 0 Å². The SMILES string of the molecule is CCc1ccc(NC(=O)CN(c2ccc(OC)cc2OC)S(C)(=O)=O)cc1. The molecule has 0 aliphatic rings. The molecule has 0 spiro atoms. The molecule has 0 heterocycles. The standard InChI is InChI=1S/C19H24N2O5S/c1-5-14-6-8-15(9-7-14)20-19(22)13-21(27(4,23)24)17-11-10-16(25-2)12-18(17)26-3/h6-12H,5,13H2,1-4H3,(H,20,22). The number of carbonyl (C=O) groups is 1. The van der Waals surface area contributed by atoms with E-state index in [1.165, 1.54) is 14.2 Å². The van der Waals surface area contributed by atoms with Gasteiger partial charge in [-0.1, -0.05) is 19.1 Å². The largest absolute Gasteiger partial charge is 0.497 e. The van der Waals surface area contributed by atoms with Crippen LogP contribution in [0, 0.1) is 0 Å². The van der Waals surface area contributed by atoms with Crippen molar-refractivity contribution in [1.29, 1.82) is 0 Å². The van der Waals surface area contributed by atoms with E-state index in [9.17, 15) is 13.2 Å². The summed E-state index contributed by atoms with van der Waals surface area (Å²) in [5.41, 5.74) is 2.01. The minimum atomic E-state index is -3.72. The van der Waals surface area contributed by atoms with E-state index >= 15 is 0 Å². The lowest BCUT2D eigenvalue weighted by atomic mass is 10.1. The number of hydrogen-bond acceptors (Lipinski definition) is 5. The molecule has 0 unspecified atom stereocenters. The molecule has 7 nitrogen and oxygen atoms in total. The lowest BCUT2D eigenvalue weighted by Crippen LogP contribution is -2.37. The first-order valence-electron chi connectivity index (χ1n) is 8.37. The first-order chi connectivity index (χ1) is 12.8. The predicted molar refractivity (Wildman–Crippen MR) is 106 cm³/mol. The summed E-state index contributed by atoms with van der Waals surface area (Å²) < 4.78 is 36.0. The van der Waals surface area contributed by atoms with Crippen LogP contribution in [0.2, 0.25) is 0 Å². The highest BCUT2D eigenvalue weighted by atomic mass is 32.2. The van der Waals surface area contributed by atoms with Crippen molar-refractivity contribution in [3.05, 3.63) is 48.0 Å². The van der Waals surface area contributed by atoms with Gasteiger partial charge < -0.3 is 14.8 Å². The number of aryl methyl sites for hydroxylation is 1. The van der Waals surface area contributed by atoms with Gasteiger partial charge in [0.25, 0.3) is 0 Å². The van der Waals surface area contributed by atoms with Crippen LogP contribution in [-0.4, -0.2) is 41.3 Å². The molecule has 0 aliphatic carbocycles. The Morgan fingerprint density at radius 2 is 1.74 bits per heavy atom. The summed E-state index contributed by atoms with van der Waals surface area (Å²) in [7, 11) is -0.792. The van der Waals surface area contributed by atoms with Crippen molar-refractivity contribution < 1.29 is 22.7 Å². The molecule has 1 N–H and O–H groups in total. The Morgan fingerprint density at radius 1 is 1.07 bits per heavy atom. The number of carbonyl (C=O) groups excluding carboxylic acids is 1. The third-order valence-corrected chi connectivity index (χ3v) is 5.12. The molecule has 27 heavy (non-hydrogen) atoms. The molecule has 0 bridgehead atoms. The van der Waals surface area contributed by atoms with Crippen molar-refractivity contribution in [2.75, 3.05) is 36.6 Å². The number of nitrogens with zero attached hydrogens (tertiary/aromatic N) is 1. The van der Waals surface area contributed by atoms with E-state index in [-0.39, 0.29) is 12.2 Å². The van der Waals surface area contributed by atoms with Crippen LogP contribution in [0.15, 0.2) is 42.5 Å². The lowest BCUT2D eigenvalue weighted by molar-refractivity contribution is -0.114. The monoisotopic (exact) mass is 392 g/mol. The molecular formula is C19H24N2O5S. The summed E-state index contributed by atoms with van der Waals surface area (Å²) in [6, 6.07) is 12.1. The van der Waals surface area contributed by atoms with E-state index in [0.717, 1.165) is 22.5 Å². The minimum Gasteiger partial charge on any atom is -0.497 e. The fourth-order valence-electron chi connectivity index (χ4n) is 2.53. The van der Waals surface area contributed by atoms with Crippen molar-refractivity contribution in [3.8, 4) is 11.5 Å². The lowest BCUT2D eigenvalue weighted by Gasteiger charge is -2.24. The molecule has 1 amide bonds. The summed E-state index contributed by atoms with van der Waals surface area (Å²) >= 11 is 0. The number of benzene rings is 2. The van der Waals surface area contributed by atoms with Crippen LogP contribution >= 0.6 is 0 Å². The van der Waals surface area contributed by atoms with E-state index < -0.39 is 15.9 Å². The molecule has 0 aliphatic heterocycles. The Morgan fingerprint density at radius 3 is 2.26 bits per heavy atom. The first-order valence-corrected chi connectivity index (χ1v) is 10.2. The highest BCUT2D eigenvalue weighted by Gasteiger charge is 2.24. The molecule has 0 radical (unpaired) electrons. The summed E-state index contributed by atoms with van der Waals surface area (Å²) in [6.45, 7) is 1.66. The molecule has 0 saturated carbocycles. The van der Waals surface area contributed by atoms with Gasteiger partial charge in [0.05, 0.1) is 26.2 Å². The first kappa shape index (κ1) is 20.6. The topological polar surface area (TPSA) is 84.9 Å². The second-order valence-electron chi connectivity index (χ2n) is 5.91. The van der Waals surface area contributed by atoms with E-state index in [1.54, 1.807) is 30.3 Å². The fourth-order valence-corrected chi connectivity index (χ4v) is 3.39. The van der Waals surface area contributed by atoms with Gasteiger partial charge in [-0.25, -0.2) is 8.42 Å². The van der Waals surface area contributed by atoms with E-state index in [4.69, 9.17) is 9.47 Å². The van der Waals surface area contributed by atoms with Crippen LogP contribution in [0.5, 0.6) is 11.5 Å². The third kappa shape index (κ3) is 5.37. The van der Waals surface area contributed by atoms with Gasteiger partial charge in [-0.15, -0.1) is 0 Å². The van der Waals surface area contributed by atoms with Crippen LogP contribution in [0.25, 0.3) is 0 Å². The maximum Gasteiger partial charge on any atom is 0.245 e. The van der Waals surface area contributed by atoms with Gasteiger partial charge in [-0.3, -0.25) is 9.10 Å². The Hall–Kier alpha value is -2.74. The highest BCUT2D eigenvalue weighted by Crippen LogP contribution is 2.33. The van der Waals surface area contributed by atoms with Gasteiger partial charge in [0.2, 0.25) is 15.9 Å². The Bertz CT molecular complexity index is 895. The van der Waals surface area contributed by atoms with E-state index in [2.05, 4.69) is 5.32 Å². The number of rotatable bonds is 8. The number of hydrogen-bond donors (Lipinski definition) is 1. The molecule has 2 aromatic carbocycles. The zero-order valence-electron chi connectivity index (χ0n) is 15.9. The smallest absolute Gasteiger partial charge is 0.245 e. The van der Waals surface area contributed by atoms with Crippen LogP contribution in [0.1, 0.15) is 12.5 Å². The molecule has 0 saturated heterocycles. The fraction of sp³-hybridized carbons (Fsp3) is 0.316. The van der Waals surface area contributed by atoms with Crippen molar-refractivity contribution in [2.45, 2.75) is 13.3 Å². The molecule has 8 heteroatoms.